The molecule has 0 atom stereocenters. The van der Waals surface area contributed by atoms with E-state index in [1.54, 1.807) is 0 Å². The van der Waals surface area contributed by atoms with Gasteiger partial charge in [-0.25, -0.2) is 8.78 Å². The molecule has 1 aliphatic rings. The monoisotopic (exact) mass is 261 g/mol. The van der Waals surface area contributed by atoms with Gasteiger partial charge in [-0.1, -0.05) is 0 Å². The topological polar surface area (TPSA) is 3.24 Å². The highest BCUT2D eigenvalue weighted by Crippen LogP contribution is 2.22. The fourth-order valence-electron chi connectivity index (χ4n) is 1.50. The van der Waals surface area contributed by atoms with E-state index in [0.29, 0.717) is 12.1 Å². The van der Waals surface area contributed by atoms with Crippen LogP contribution in [0.4, 0.5) is 8.78 Å². The Bertz CT molecular complexity index is 327. The summed E-state index contributed by atoms with van der Waals surface area (Å²) in [6, 6.07) is 2.76. The van der Waals surface area contributed by atoms with Crippen molar-refractivity contribution in [1.82, 2.24) is 4.90 Å². The lowest BCUT2D eigenvalue weighted by Crippen LogP contribution is -2.36. The van der Waals surface area contributed by atoms with Crippen molar-refractivity contribution in [3.05, 3.63) is 33.8 Å². The van der Waals surface area contributed by atoms with E-state index in [1.807, 2.05) is 0 Å². The molecule has 1 heterocycles. The molecular weight excluding hydrogens is 252 g/mol. The molecule has 0 aromatic heterocycles. The number of likely N-dealkylation sites (tertiary alicyclic amines) is 1. The third-order valence-electron chi connectivity index (χ3n) is 2.40. The Morgan fingerprint density at radius 1 is 1.21 bits per heavy atom. The molecule has 1 saturated heterocycles. The summed E-state index contributed by atoms with van der Waals surface area (Å²) >= 11 is 2.85. The summed E-state index contributed by atoms with van der Waals surface area (Å²) in [5, 5.41) is 0. The minimum absolute atomic E-state index is 0.0788. The van der Waals surface area contributed by atoms with Crippen LogP contribution in [-0.2, 0) is 6.54 Å². The van der Waals surface area contributed by atoms with E-state index in [1.165, 1.54) is 18.6 Å². The predicted molar refractivity (Wildman–Crippen MR) is 54.0 cm³/mol. The summed E-state index contributed by atoms with van der Waals surface area (Å²) in [6.07, 6.45) is 1.18. The van der Waals surface area contributed by atoms with Crippen LogP contribution in [0.15, 0.2) is 16.6 Å². The lowest BCUT2D eigenvalue weighted by Gasteiger charge is -2.30. The van der Waals surface area contributed by atoms with E-state index >= 15 is 0 Å². The van der Waals surface area contributed by atoms with Gasteiger partial charge < -0.3 is 0 Å². The van der Waals surface area contributed by atoms with Crippen LogP contribution >= 0.6 is 15.9 Å². The molecule has 76 valence electrons. The molecular formula is C10H10BrF2N. The summed E-state index contributed by atoms with van der Waals surface area (Å²) in [7, 11) is 0. The maximum absolute atomic E-state index is 13.1. The Labute approximate surface area is 89.8 Å². The van der Waals surface area contributed by atoms with E-state index in [9.17, 15) is 8.78 Å². The number of hydrogen-bond donors (Lipinski definition) is 0. The van der Waals surface area contributed by atoms with Gasteiger partial charge in [0.1, 0.15) is 11.6 Å². The third-order valence-corrected chi connectivity index (χ3v) is 3.16. The molecule has 1 aliphatic heterocycles. The predicted octanol–water partition coefficient (Wildman–Crippen LogP) is 2.93. The van der Waals surface area contributed by atoms with Gasteiger partial charge in [0.15, 0.2) is 0 Å². The summed E-state index contributed by atoms with van der Waals surface area (Å²) in [5.41, 5.74) is 0.697. The third kappa shape index (κ3) is 1.96. The number of halogens is 3. The molecule has 14 heavy (non-hydrogen) atoms. The molecule has 0 N–H and O–H groups in total. The maximum Gasteiger partial charge on any atom is 0.140 e. The minimum atomic E-state index is -0.527. The molecule has 0 bridgehead atoms. The van der Waals surface area contributed by atoms with Crippen molar-refractivity contribution in [3.8, 4) is 0 Å². The van der Waals surface area contributed by atoms with Gasteiger partial charge >= 0.3 is 0 Å². The van der Waals surface area contributed by atoms with E-state index in [-0.39, 0.29) is 4.47 Å². The van der Waals surface area contributed by atoms with Crippen molar-refractivity contribution in [1.29, 1.82) is 0 Å². The second kappa shape index (κ2) is 3.95. The van der Waals surface area contributed by atoms with Crippen LogP contribution in [0.1, 0.15) is 12.0 Å². The van der Waals surface area contributed by atoms with Gasteiger partial charge in [-0.15, -0.1) is 0 Å². The minimum Gasteiger partial charge on any atom is -0.299 e. The number of rotatable bonds is 2. The van der Waals surface area contributed by atoms with Gasteiger partial charge in [-0.3, -0.25) is 4.90 Å². The van der Waals surface area contributed by atoms with Crippen LogP contribution in [0, 0.1) is 11.6 Å². The average molecular weight is 262 g/mol. The van der Waals surface area contributed by atoms with E-state index in [2.05, 4.69) is 20.8 Å². The molecule has 0 spiro atoms. The summed E-state index contributed by atoms with van der Waals surface area (Å²) in [5.74, 6) is -1.05. The van der Waals surface area contributed by atoms with Crippen molar-refractivity contribution in [2.24, 2.45) is 0 Å². The normalized spacial score (nSPS) is 16.8. The summed E-state index contributed by atoms with van der Waals surface area (Å²) in [4.78, 5) is 2.15. The fourth-order valence-corrected chi connectivity index (χ4v) is 1.73. The molecule has 0 aliphatic carbocycles. The molecule has 0 saturated carbocycles. The molecule has 1 aromatic rings. The van der Waals surface area contributed by atoms with Crippen LogP contribution in [0.2, 0.25) is 0 Å². The largest absolute Gasteiger partial charge is 0.299 e. The highest BCUT2D eigenvalue weighted by Gasteiger charge is 2.15. The van der Waals surface area contributed by atoms with Crippen LogP contribution in [0.5, 0.6) is 0 Å². The zero-order valence-electron chi connectivity index (χ0n) is 7.56. The van der Waals surface area contributed by atoms with E-state index in [4.69, 9.17) is 0 Å². The quantitative estimate of drug-likeness (QED) is 0.741. The first-order valence-corrected chi connectivity index (χ1v) is 5.32. The zero-order chi connectivity index (χ0) is 10.1. The first-order valence-electron chi connectivity index (χ1n) is 4.52. The molecule has 1 nitrogen and oxygen atoms in total. The Balaban J connectivity index is 2.17. The van der Waals surface area contributed by atoms with Crippen molar-refractivity contribution in [2.45, 2.75) is 13.0 Å². The lowest BCUT2D eigenvalue weighted by molar-refractivity contribution is 0.172. The van der Waals surface area contributed by atoms with Crippen molar-refractivity contribution in [2.75, 3.05) is 13.1 Å². The van der Waals surface area contributed by atoms with Gasteiger partial charge in [0.25, 0.3) is 0 Å². The highest BCUT2D eigenvalue weighted by molar-refractivity contribution is 9.10. The van der Waals surface area contributed by atoms with Gasteiger partial charge in [-0.05, 0) is 53.1 Å². The highest BCUT2D eigenvalue weighted by atomic mass is 79.9. The van der Waals surface area contributed by atoms with Gasteiger partial charge in [-0.2, -0.15) is 0 Å². The van der Waals surface area contributed by atoms with Gasteiger partial charge in [0, 0.05) is 6.54 Å². The standard InChI is InChI=1S/C10H10BrF2N/c11-10-8(12)4-7(5-9(10)13)6-14-2-1-3-14/h4-5H,1-3,6H2. The van der Waals surface area contributed by atoms with Crippen LogP contribution in [-0.4, -0.2) is 18.0 Å². The molecule has 4 heteroatoms. The molecule has 1 aromatic carbocycles. The summed E-state index contributed by atoms with van der Waals surface area (Å²) < 4.78 is 26.1. The Morgan fingerprint density at radius 3 is 2.21 bits per heavy atom. The van der Waals surface area contributed by atoms with Crippen molar-refractivity contribution in [3.63, 3.8) is 0 Å². The van der Waals surface area contributed by atoms with Crippen molar-refractivity contribution < 1.29 is 8.78 Å². The Kier molecular flexibility index (Phi) is 2.83. The van der Waals surface area contributed by atoms with Crippen LogP contribution < -0.4 is 0 Å². The number of hydrogen-bond acceptors (Lipinski definition) is 1. The zero-order valence-corrected chi connectivity index (χ0v) is 9.15. The molecule has 1 fully saturated rings. The summed E-state index contributed by atoms with van der Waals surface area (Å²) in [6.45, 7) is 2.69. The van der Waals surface area contributed by atoms with Gasteiger partial charge in [0.05, 0.1) is 4.47 Å². The Morgan fingerprint density at radius 2 is 1.79 bits per heavy atom. The molecule has 0 amide bonds. The Hall–Kier alpha value is -0.480. The molecule has 2 rings (SSSR count). The average Bonchev–Trinajstić information content (AvgIpc) is 2.07. The second-order valence-corrected chi connectivity index (χ2v) is 4.30. The molecule has 0 radical (unpaired) electrons. The van der Waals surface area contributed by atoms with E-state index in [0.717, 1.165) is 13.1 Å². The van der Waals surface area contributed by atoms with Gasteiger partial charge in [0.2, 0.25) is 0 Å². The SMILES string of the molecule is Fc1cc(CN2CCC2)cc(F)c1Br. The first-order chi connectivity index (χ1) is 6.66. The number of benzene rings is 1. The first kappa shape index (κ1) is 10.1. The lowest BCUT2D eigenvalue weighted by atomic mass is 10.1. The maximum atomic E-state index is 13.1. The fraction of sp³-hybridized carbons (Fsp3) is 0.400. The second-order valence-electron chi connectivity index (χ2n) is 3.50. The van der Waals surface area contributed by atoms with Crippen LogP contribution in [0.25, 0.3) is 0 Å². The van der Waals surface area contributed by atoms with Crippen LogP contribution in [0.3, 0.4) is 0 Å². The smallest absolute Gasteiger partial charge is 0.140 e. The number of nitrogens with zero attached hydrogens (tertiary/aromatic N) is 1. The van der Waals surface area contributed by atoms with E-state index < -0.39 is 11.6 Å². The molecule has 0 unspecified atom stereocenters. The van der Waals surface area contributed by atoms with Crippen molar-refractivity contribution >= 4 is 15.9 Å².